The molecule has 0 aliphatic carbocycles. The van der Waals surface area contributed by atoms with Gasteiger partial charge in [0.05, 0.1) is 23.9 Å². The minimum absolute atomic E-state index is 0.0579. The molecule has 0 radical (unpaired) electrons. The quantitative estimate of drug-likeness (QED) is 0.412. The van der Waals surface area contributed by atoms with Gasteiger partial charge in [-0.05, 0) is 55.3 Å². The second-order valence-corrected chi connectivity index (χ2v) is 8.98. The fourth-order valence-electron chi connectivity index (χ4n) is 4.00. The highest BCUT2D eigenvalue weighted by Crippen LogP contribution is 2.29. The first-order valence-corrected chi connectivity index (χ1v) is 12.0. The number of furan rings is 1. The topological polar surface area (TPSA) is 105 Å². The third kappa shape index (κ3) is 4.85. The highest BCUT2D eigenvalue weighted by molar-refractivity contribution is 7.14. The Balaban J connectivity index is 1.16. The van der Waals surface area contributed by atoms with Crippen molar-refractivity contribution in [1.82, 2.24) is 4.98 Å². The highest BCUT2D eigenvalue weighted by atomic mass is 32.1. The summed E-state index contributed by atoms with van der Waals surface area (Å²) in [5, 5.41) is 7.67. The number of rotatable bonds is 6. The van der Waals surface area contributed by atoms with Gasteiger partial charge in [-0.2, -0.15) is 0 Å². The van der Waals surface area contributed by atoms with E-state index in [-0.39, 0.29) is 24.1 Å². The van der Waals surface area contributed by atoms with Crippen LogP contribution in [0.1, 0.15) is 37.7 Å². The first kappa shape index (κ1) is 22.5. The van der Waals surface area contributed by atoms with Crippen LogP contribution in [0.4, 0.5) is 16.5 Å². The number of hydrogen-bond donors (Lipinski definition) is 2. The predicted molar refractivity (Wildman–Crippen MR) is 134 cm³/mol. The zero-order valence-electron chi connectivity index (χ0n) is 18.9. The molecule has 8 nitrogen and oxygen atoms in total. The minimum atomic E-state index is -0.311. The van der Waals surface area contributed by atoms with Gasteiger partial charge in [0, 0.05) is 28.9 Å². The maximum atomic E-state index is 13.0. The maximum absolute atomic E-state index is 13.0. The van der Waals surface area contributed by atoms with E-state index in [2.05, 4.69) is 15.6 Å². The zero-order valence-corrected chi connectivity index (χ0v) is 19.7. The van der Waals surface area contributed by atoms with Gasteiger partial charge in [-0.15, -0.1) is 11.3 Å². The number of aryl methyl sites for hydroxylation is 1. The Morgan fingerprint density at radius 3 is 2.63 bits per heavy atom. The summed E-state index contributed by atoms with van der Waals surface area (Å²) in [6, 6.07) is 16.4. The van der Waals surface area contributed by atoms with Crippen LogP contribution in [0.5, 0.6) is 0 Å². The van der Waals surface area contributed by atoms with Crippen LogP contribution in [0.25, 0.3) is 0 Å². The van der Waals surface area contributed by atoms with Crippen molar-refractivity contribution in [2.75, 3.05) is 22.1 Å². The third-order valence-corrected chi connectivity index (χ3v) is 6.57. The molecule has 9 heteroatoms. The van der Waals surface area contributed by atoms with E-state index in [0.717, 1.165) is 12.1 Å². The van der Waals surface area contributed by atoms with Crippen LogP contribution in [0.3, 0.4) is 0 Å². The Morgan fingerprint density at radius 2 is 1.86 bits per heavy atom. The molecular formula is C26H22N4O4S. The number of thiazole rings is 1. The lowest BCUT2D eigenvalue weighted by Crippen LogP contribution is -2.28. The van der Waals surface area contributed by atoms with E-state index in [4.69, 9.17) is 4.42 Å². The van der Waals surface area contributed by atoms with E-state index < -0.39 is 0 Å². The van der Waals surface area contributed by atoms with Gasteiger partial charge in [-0.3, -0.25) is 19.7 Å². The smallest absolute Gasteiger partial charge is 0.260 e. The molecule has 3 amide bonds. The van der Waals surface area contributed by atoms with Crippen LogP contribution in [-0.4, -0.2) is 29.3 Å². The molecule has 35 heavy (non-hydrogen) atoms. The van der Waals surface area contributed by atoms with Gasteiger partial charge < -0.3 is 14.6 Å². The molecule has 0 bridgehead atoms. The van der Waals surface area contributed by atoms with Gasteiger partial charge in [0.15, 0.2) is 5.13 Å². The second-order valence-electron chi connectivity index (χ2n) is 8.13. The van der Waals surface area contributed by atoms with Crippen molar-refractivity contribution in [3.63, 3.8) is 0 Å². The van der Waals surface area contributed by atoms with Gasteiger partial charge in [-0.25, -0.2) is 4.98 Å². The molecule has 0 unspecified atom stereocenters. The molecule has 2 aromatic heterocycles. The largest absolute Gasteiger partial charge is 0.469 e. The van der Waals surface area contributed by atoms with Crippen molar-refractivity contribution < 1.29 is 18.8 Å². The SMILES string of the molecule is Cc1occc1C(=O)Nc1nc(CC(=O)Nc2ccc(C(=O)N3CCc4ccccc43)cc2)cs1. The number of hydrogen-bond acceptors (Lipinski definition) is 6. The maximum Gasteiger partial charge on any atom is 0.260 e. The second kappa shape index (κ2) is 9.55. The summed E-state index contributed by atoms with van der Waals surface area (Å²) in [5.74, 6) is -0.0906. The van der Waals surface area contributed by atoms with Crippen LogP contribution < -0.4 is 15.5 Å². The van der Waals surface area contributed by atoms with Crippen molar-refractivity contribution in [2.45, 2.75) is 19.8 Å². The molecule has 2 N–H and O–H groups in total. The Morgan fingerprint density at radius 1 is 1.06 bits per heavy atom. The lowest BCUT2D eigenvalue weighted by Gasteiger charge is -2.17. The fraction of sp³-hybridized carbons (Fsp3) is 0.154. The molecule has 2 aromatic carbocycles. The molecule has 1 aliphatic rings. The molecule has 3 heterocycles. The molecule has 0 saturated carbocycles. The molecule has 0 spiro atoms. The molecular weight excluding hydrogens is 464 g/mol. The molecule has 0 fully saturated rings. The Hall–Kier alpha value is -4.24. The van der Waals surface area contributed by atoms with E-state index in [1.165, 1.54) is 23.2 Å². The van der Waals surface area contributed by atoms with Gasteiger partial charge in [0.25, 0.3) is 11.8 Å². The van der Waals surface area contributed by atoms with Crippen LogP contribution in [0, 0.1) is 6.92 Å². The van der Waals surface area contributed by atoms with Crippen molar-refractivity contribution in [2.24, 2.45) is 0 Å². The fourth-order valence-corrected chi connectivity index (χ4v) is 4.71. The number of aromatic nitrogens is 1. The number of nitrogens with one attached hydrogen (secondary N) is 2. The highest BCUT2D eigenvalue weighted by Gasteiger charge is 2.25. The predicted octanol–water partition coefficient (Wildman–Crippen LogP) is 4.68. The molecule has 4 aromatic rings. The van der Waals surface area contributed by atoms with E-state index >= 15 is 0 Å². The summed E-state index contributed by atoms with van der Waals surface area (Å²) in [6.45, 7) is 2.37. The monoisotopic (exact) mass is 486 g/mol. The average molecular weight is 487 g/mol. The van der Waals surface area contributed by atoms with Gasteiger partial charge >= 0.3 is 0 Å². The van der Waals surface area contributed by atoms with Crippen LogP contribution in [0.2, 0.25) is 0 Å². The van der Waals surface area contributed by atoms with Gasteiger partial charge in [0.1, 0.15) is 5.76 Å². The van der Waals surface area contributed by atoms with Crippen LogP contribution in [-0.2, 0) is 17.6 Å². The summed E-state index contributed by atoms with van der Waals surface area (Å²) in [7, 11) is 0. The van der Waals surface area contributed by atoms with E-state index in [1.54, 1.807) is 47.5 Å². The Kier molecular flexibility index (Phi) is 6.15. The molecule has 0 atom stereocenters. The summed E-state index contributed by atoms with van der Waals surface area (Å²) >= 11 is 1.25. The first-order chi connectivity index (χ1) is 17.0. The molecule has 176 valence electrons. The Bertz CT molecular complexity index is 1410. The Labute approximate surface area is 205 Å². The van der Waals surface area contributed by atoms with Crippen molar-refractivity contribution in [3.8, 4) is 0 Å². The number of benzene rings is 2. The number of carbonyl (C=O) groups is 3. The number of fused-ring (bicyclic) bond motifs is 1. The minimum Gasteiger partial charge on any atom is -0.469 e. The molecule has 5 rings (SSSR count). The summed E-state index contributed by atoms with van der Waals surface area (Å²) < 4.78 is 5.15. The number of anilines is 3. The van der Waals surface area contributed by atoms with E-state index in [0.29, 0.717) is 39.9 Å². The van der Waals surface area contributed by atoms with E-state index in [1.807, 2.05) is 24.3 Å². The van der Waals surface area contributed by atoms with Crippen molar-refractivity contribution in [3.05, 3.63) is 94.4 Å². The number of para-hydroxylation sites is 1. The number of nitrogens with zero attached hydrogens (tertiary/aromatic N) is 2. The molecule has 0 saturated heterocycles. The summed E-state index contributed by atoms with van der Waals surface area (Å²) in [5.41, 5.74) is 4.27. The number of carbonyl (C=O) groups excluding carboxylic acids is 3. The van der Waals surface area contributed by atoms with Gasteiger partial charge in [-0.1, -0.05) is 18.2 Å². The lowest BCUT2D eigenvalue weighted by atomic mass is 10.1. The first-order valence-electron chi connectivity index (χ1n) is 11.1. The molecule has 1 aliphatic heterocycles. The summed E-state index contributed by atoms with van der Waals surface area (Å²) in [6.07, 6.45) is 2.36. The van der Waals surface area contributed by atoms with E-state index in [9.17, 15) is 14.4 Å². The lowest BCUT2D eigenvalue weighted by molar-refractivity contribution is -0.115. The van der Waals surface area contributed by atoms with Gasteiger partial charge in [0.2, 0.25) is 5.91 Å². The van der Waals surface area contributed by atoms with Crippen LogP contribution in [0.15, 0.2) is 70.7 Å². The van der Waals surface area contributed by atoms with Crippen molar-refractivity contribution >= 4 is 45.6 Å². The number of amides is 3. The third-order valence-electron chi connectivity index (χ3n) is 5.77. The zero-order chi connectivity index (χ0) is 24.4. The average Bonchev–Trinajstić information content (AvgIpc) is 3.59. The summed E-state index contributed by atoms with van der Waals surface area (Å²) in [4.78, 5) is 43.8. The normalized spacial score (nSPS) is 12.3. The standard InChI is InChI=1S/C26H22N4O4S/c1-16-21(11-13-34-16)24(32)29-26-28-20(15-35-26)14-23(31)27-19-8-6-18(7-9-19)25(33)30-12-10-17-4-2-3-5-22(17)30/h2-9,11,13,15H,10,12,14H2,1H3,(H,27,31)(H,28,29,32). The van der Waals surface area contributed by atoms with Crippen molar-refractivity contribution in [1.29, 1.82) is 0 Å². The van der Waals surface area contributed by atoms with Crippen LogP contribution >= 0.6 is 11.3 Å².